The molecule has 0 aromatic carbocycles. The van der Waals surface area contributed by atoms with Crippen LogP contribution in [0.4, 0.5) is 70.2 Å². The number of hydrogen-bond acceptors (Lipinski definition) is 0. The van der Waals surface area contributed by atoms with Crippen LogP contribution in [0.1, 0.15) is 6.42 Å². The van der Waals surface area contributed by atoms with Gasteiger partial charge in [0.1, 0.15) is 0 Å². The average Bonchev–Trinajstić information content (AvgIpc) is 2.34. The number of rotatable bonds is 7. The van der Waals surface area contributed by atoms with Crippen molar-refractivity contribution in [2.45, 2.75) is 52.3 Å². The molecular weight excluding hydrogens is 539 g/mol. The molecule has 0 aromatic rings. The van der Waals surface area contributed by atoms with Gasteiger partial charge in [0, 0.05) is 0 Å². The Kier molecular flexibility index (Phi) is 6.50. The van der Waals surface area contributed by atoms with E-state index < -0.39 is 52.3 Å². The molecule has 1 atom stereocenters. The highest BCUT2D eigenvalue weighted by Crippen LogP contribution is 2.62. The SMILES string of the molecule is FC(I)CC(F)(F)C(F)(F)C(F)(F)C(F)(F)C(F)(F)C(F)(F)C(F)(F)F. The van der Waals surface area contributed by atoms with Gasteiger partial charge in [-0.05, 0) is 22.6 Å². The lowest BCUT2D eigenvalue weighted by Crippen LogP contribution is -2.72. The van der Waals surface area contributed by atoms with Crippen LogP contribution in [0.2, 0.25) is 0 Å². The Hall–Kier alpha value is -0.390. The summed E-state index contributed by atoms with van der Waals surface area (Å²) in [4.78, 5) is 0. The zero-order valence-corrected chi connectivity index (χ0v) is 13.4. The van der Waals surface area contributed by atoms with E-state index >= 15 is 0 Å². The van der Waals surface area contributed by atoms with Crippen molar-refractivity contribution in [2.75, 3.05) is 0 Å². The summed E-state index contributed by atoms with van der Waals surface area (Å²) in [6.45, 7) is 0. The van der Waals surface area contributed by atoms with Gasteiger partial charge in [0.05, 0.1) is 6.42 Å². The average molecular weight is 542 g/mol. The summed E-state index contributed by atoms with van der Waals surface area (Å²) in [6, 6.07) is 0. The lowest BCUT2D eigenvalue weighted by atomic mass is 9.90. The molecule has 0 aliphatic heterocycles. The van der Waals surface area contributed by atoms with Gasteiger partial charge in [-0.15, -0.1) is 0 Å². The van der Waals surface area contributed by atoms with E-state index in [0.717, 1.165) is 0 Å². The van der Waals surface area contributed by atoms with Crippen LogP contribution in [0, 0.1) is 0 Å². The Balaban J connectivity index is 6.42. The van der Waals surface area contributed by atoms with Crippen molar-refractivity contribution in [1.82, 2.24) is 0 Å². The second-order valence-electron chi connectivity index (χ2n) is 4.67. The van der Waals surface area contributed by atoms with Gasteiger partial charge in [0.2, 0.25) is 0 Å². The van der Waals surface area contributed by atoms with Crippen LogP contribution in [0.5, 0.6) is 0 Å². The van der Waals surface area contributed by atoms with Gasteiger partial charge in [-0.3, -0.25) is 0 Å². The number of alkyl halides is 17. The lowest BCUT2D eigenvalue weighted by Gasteiger charge is -2.41. The second-order valence-corrected chi connectivity index (χ2v) is 6.02. The molecule has 0 spiro atoms. The second kappa shape index (κ2) is 6.59. The molecule has 0 N–H and O–H groups in total. The first-order valence-electron chi connectivity index (χ1n) is 5.53. The third kappa shape index (κ3) is 3.51. The van der Waals surface area contributed by atoms with E-state index in [1.165, 1.54) is 0 Å². The Morgan fingerprint density at radius 3 is 1.04 bits per heavy atom. The molecule has 0 radical (unpaired) electrons. The maximum absolute atomic E-state index is 13.1. The van der Waals surface area contributed by atoms with E-state index in [1.54, 1.807) is 0 Å². The van der Waals surface area contributed by atoms with Gasteiger partial charge in [-0.2, -0.15) is 65.9 Å². The topological polar surface area (TPSA) is 0 Å². The summed E-state index contributed by atoms with van der Waals surface area (Å²) in [5, 5.41) is 0. The van der Waals surface area contributed by atoms with E-state index in [9.17, 15) is 70.2 Å². The molecule has 0 saturated carbocycles. The fourth-order valence-electron chi connectivity index (χ4n) is 1.32. The highest BCUT2D eigenvalue weighted by molar-refractivity contribution is 14.1. The van der Waals surface area contributed by atoms with Gasteiger partial charge in [0.15, 0.2) is 4.18 Å². The maximum atomic E-state index is 13.1. The van der Waals surface area contributed by atoms with Crippen LogP contribution in [0.25, 0.3) is 0 Å². The van der Waals surface area contributed by atoms with E-state index in [2.05, 4.69) is 0 Å². The first-order chi connectivity index (χ1) is 10.9. The lowest BCUT2D eigenvalue weighted by molar-refractivity contribution is -0.452. The summed E-state index contributed by atoms with van der Waals surface area (Å²) in [7, 11) is 0. The Morgan fingerprint density at radius 2 is 0.769 bits per heavy atom. The first-order valence-corrected chi connectivity index (χ1v) is 6.78. The van der Waals surface area contributed by atoms with Gasteiger partial charge in [-0.1, -0.05) is 0 Å². The fourth-order valence-corrected chi connectivity index (χ4v) is 1.87. The minimum Gasteiger partial charge on any atom is -0.236 e. The molecule has 158 valence electrons. The molecule has 0 fully saturated rings. The van der Waals surface area contributed by atoms with Crippen LogP contribution in [-0.2, 0) is 0 Å². The third-order valence-corrected chi connectivity index (χ3v) is 3.24. The summed E-state index contributed by atoms with van der Waals surface area (Å²) >= 11 is 0.267. The van der Waals surface area contributed by atoms with Crippen molar-refractivity contribution in [2.24, 2.45) is 0 Å². The van der Waals surface area contributed by atoms with Crippen LogP contribution in [-0.4, -0.2) is 45.9 Å². The molecule has 0 aliphatic rings. The third-order valence-electron chi connectivity index (χ3n) is 2.80. The highest BCUT2D eigenvalue weighted by Gasteiger charge is 2.93. The first kappa shape index (κ1) is 25.6. The van der Waals surface area contributed by atoms with Gasteiger partial charge >= 0.3 is 41.7 Å². The minimum atomic E-state index is -8.33. The largest absolute Gasteiger partial charge is 0.460 e. The van der Waals surface area contributed by atoms with Crippen molar-refractivity contribution < 1.29 is 70.2 Å². The quantitative estimate of drug-likeness (QED) is 0.197. The molecule has 0 bridgehead atoms. The molecule has 0 saturated heterocycles. The number of hydrogen-bond donors (Lipinski definition) is 0. The molecule has 26 heavy (non-hydrogen) atoms. The van der Waals surface area contributed by atoms with Crippen LogP contribution in [0.3, 0.4) is 0 Å². The summed E-state index contributed by atoms with van der Waals surface area (Å²) in [5.74, 6) is -46.9. The fraction of sp³-hybridized carbons (Fsp3) is 1.00. The summed E-state index contributed by atoms with van der Waals surface area (Å²) < 4.78 is 199. The molecule has 0 aromatic heterocycles. The zero-order valence-electron chi connectivity index (χ0n) is 11.2. The summed E-state index contributed by atoms with van der Waals surface area (Å²) in [5.41, 5.74) is 0. The highest BCUT2D eigenvalue weighted by atomic mass is 127. The molecule has 0 amide bonds. The minimum absolute atomic E-state index is 0.267. The Morgan fingerprint density at radius 1 is 0.500 bits per heavy atom. The van der Waals surface area contributed by atoms with Crippen molar-refractivity contribution in [3.63, 3.8) is 0 Å². The van der Waals surface area contributed by atoms with Crippen molar-refractivity contribution >= 4 is 22.6 Å². The van der Waals surface area contributed by atoms with E-state index in [4.69, 9.17) is 0 Å². The molecule has 0 nitrogen and oxygen atoms in total. The van der Waals surface area contributed by atoms with Crippen LogP contribution < -0.4 is 0 Å². The van der Waals surface area contributed by atoms with Gasteiger partial charge in [0.25, 0.3) is 0 Å². The van der Waals surface area contributed by atoms with Gasteiger partial charge < -0.3 is 0 Å². The number of halogens is 17. The van der Waals surface area contributed by atoms with Crippen LogP contribution in [0.15, 0.2) is 0 Å². The van der Waals surface area contributed by atoms with E-state index in [1.807, 2.05) is 0 Å². The monoisotopic (exact) mass is 542 g/mol. The van der Waals surface area contributed by atoms with Crippen LogP contribution >= 0.6 is 22.6 Å². The normalized spacial score (nSPS) is 17.4. The predicted octanol–water partition coefficient (Wildman–Crippen LogP) is 6.48. The van der Waals surface area contributed by atoms with Crippen molar-refractivity contribution in [3.05, 3.63) is 0 Å². The molecular formula is C9H3F16I. The summed E-state index contributed by atoms with van der Waals surface area (Å²) in [6.07, 6.45) is -10.6. The smallest absolute Gasteiger partial charge is 0.236 e. The van der Waals surface area contributed by atoms with E-state index in [-0.39, 0.29) is 22.6 Å². The van der Waals surface area contributed by atoms with E-state index in [0.29, 0.717) is 0 Å². The standard InChI is InChI=1S/C9H3F16I/c10-2(26)1-3(11,12)4(13,14)5(15,16)6(17,18)7(19,20)8(21,22)9(23,24)25/h2H,1H2. The molecule has 0 aliphatic carbocycles. The molecule has 0 rings (SSSR count). The Labute approximate surface area is 146 Å². The molecule has 17 heteroatoms. The van der Waals surface area contributed by atoms with Crippen molar-refractivity contribution in [3.8, 4) is 0 Å². The molecule has 0 heterocycles. The van der Waals surface area contributed by atoms with Crippen molar-refractivity contribution in [1.29, 1.82) is 0 Å². The van der Waals surface area contributed by atoms with Gasteiger partial charge in [-0.25, -0.2) is 4.39 Å². The molecule has 1 unspecified atom stereocenters. The predicted molar refractivity (Wildman–Crippen MR) is 59.3 cm³/mol. The maximum Gasteiger partial charge on any atom is 0.460 e. The zero-order chi connectivity index (χ0) is 21.8. The Bertz CT molecular complexity index is 502.